The molecule has 1 N–H and O–H groups in total. The van der Waals surface area contributed by atoms with Crippen LogP contribution in [0, 0.1) is 0 Å². The van der Waals surface area contributed by atoms with Crippen molar-refractivity contribution in [1.29, 1.82) is 0 Å². The van der Waals surface area contributed by atoms with Gasteiger partial charge >= 0.3 is 6.03 Å². The number of methoxy groups -OCH3 is 2. The van der Waals surface area contributed by atoms with Gasteiger partial charge in [0.05, 0.1) is 25.6 Å². The Bertz CT molecular complexity index is 1400. The van der Waals surface area contributed by atoms with Gasteiger partial charge in [0.25, 0.3) is 5.91 Å². The summed E-state index contributed by atoms with van der Waals surface area (Å²) in [6.45, 7) is 0. The largest absolute Gasteiger partial charge is 0.504 e. The number of hydrogen-bond acceptors (Lipinski definition) is 6. The van der Waals surface area contributed by atoms with Gasteiger partial charge < -0.3 is 19.5 Å². The quantitative estimate of drug-likeness (QED) is 0.510. The van der Waals surface area contributed by atoms with Gasteiger partial charge in [0.2, 0.25) is 0 Å². The van der Waals surface area contributed by atoms with Crippen molar-refractivity contribution >= 4 is 40.6 Å². The van der Waals surface area contributed by atoms with Crippen LogP contribution in [0.3, 0.4) is 0 Å². The molecule has 1 unspecified atom stereocenters. The van der Waals surface area contributed by atoms with Crippen molar-refractivity contribution < 1.29 is 24.2 Å². The van der Waals surface area contributed by atoms with Gasteiger partial charge in [-0.05, 0) is 42.0 Å². The number of para-hydroxylation sites is 1. The lowest BCUT2D eigenvalue weighted by Crippen LogP contribution is -2.54. The number of ether oxygens (including phenoxy) is 2. The SMILES string of the molecule is COc1cccc(N2C(=O)N=C3C=C(Cl)N(c4ccc(-c5cccc(OC)c5O)cc4)C3C2=O)c1. The minimum atomic E-state index is -0.900. The van der Waals surface area contributed by atoms with E-state index in [1.165, 1.54) is 20.3 Å². The van der Waals surface area contributed by atoms with E-state index in [-0.39, 0.29) is 16.6 Å². The molecular weight excluding hydrogens is 470 g/mol. The summed E-state index contributed by atoms with van der Waals surface area (Å²) in [5, 5.41) is 10.7. The van der Waals surface area contributed by atoms with Crippen molar-refractivity contribution in [3.8, 4) is 28.4 Å². The van der Waals surface area contributed by atoms with Crippen LogP contribution < -0.4 is 19.3 Å². The minimum absolute atomic E-state index is 0.0335. The van der Waals surface area contributed by atoms with Crippen molar-refractivity contribution in [3.63, 3.8) is 0 Å². The van der Waals surface area contributed by atoms with Gasteiger partial charge in [0, 0.05) is 17.3 Å². The molecule has 3 amide bonds. The van der Waals surface area contributed by atoms with Crippen LogP contribution in [-0.4, -0.2) is 43.0 Å². The molecule has 0 spiro atoms. The number of amides is 3. The molecule has 8 nitrogen and oxygen atoms in total. The number of carbonyl (C=O) groups excluding carboxylic acids is 2. The van der Waals surface area contributed by atoms with E-state index in [4.69, 9.17) is 21.1 Å². The Morgan fingerprint density at radius 1 is 0.943 bits per heavy atom. The Labute approximate surface area is 206 Å². The van der Waals surface area contributed by atoms with E-state index in [1.807, 2.05) is 0 Å². The highest BCUT2D eigenvalue weighted by atomic mass is 35.5. The number of rotatable bonds is 5. The molecule has 0 bridgehead atoms. The van der Waals surface area contributed by atoms with Crippen LogP contribution in [0.1, 0.15) is 0 Å². The van der Waals surface area contributed by atoms with E-state index in [9.17, 15) is 14.7 Å². The summed E-state index contributed by atoms with van der Waals surface area (Å²) in [6, 6.07) is 17.5. The molecule has 9 heteroatoms. The molecule has 0 radical (unpaired) electrons. The fraction of sp³-hybridized carbons (Fsp3) is 0.115. The summed E-state index contributed by atoms with van der Waals surface area (Å²) < 4.78 is 10.4. The number of anilines is 2. The molecule has 2 aliphatic heterocycles. The van der Waals surface area contributed by atoms with Crippen molar-refractivity contribution in [2.45, 2.75) is 6.04 Å². The molecule has 5 rings (SSSR count). The third-order valence-electron chi connectivity index (χ3n) is 5.89. The molecule has 3 aromatic rings. The third kappa shape index (κ3) is 3.77. The number of aliphatic imine (C=N–C) groups is 1. The van der Waals surface area contributed by atoms with Crippen molar-refractivity contribution in [2.24, 2.45) is 4.99 Å². The second kappa shape index (κ2) is 8.81. The van der Waals surface area contributed by atoms with E-state index < -0.39 is 18.0 Å². The normalized spacial score (nSPS) is 17.2. The van der Waals surface area contributed by atoms with E-state index in [1.54, 1.807) is 71.6 Å². The highest BCUT2D eigenvalue weighted by molar-refractivity contribution is 6.41. The predicted octanol–water partition coefficient (Wildman–Crippen LogP) is 4.95. The van der Waals surface area contributed by atoms with Gasteiger partial charge in [-0.3, -0.25) is 4.79 Å². The zero-order chi connectivity index (χ0) is 24.7. The highest BCUT2D eigenvalue weighted by Gasteiger charge is 2.45. The van der Waals surface area contributed by atoms with Crippen LogP contribution >= 0.6 is 11.6 Å². The van der Waals surface area contributed by atoms with Crippen LogP contribution in [0.25, 0.3) is 11.1 Å². The number of aromatic hydroxyl groups is 1. The van der Waals surface area contributed by atoms with Crippen molar-refractivity contribution in [2.75, 3.05) is 24.0 Å². The van der Waals surface area contributed by atoms with Gasteiger partial charge in [-0.2, -0.15) is 4.99 Å². The van der Waals surface area contributed by atoms with E-state index in [0.29, 0.717) is 28.4 Å². The smallest absolute Gasteiger partial charge is 0.355 e. The second-order valence-electron chi connectivity index (χ2n) is 7.84. The number of nitrogens with zero attached hydrogens (tertiary/aromatic N) is 3. The number of halogens is 1. The number of benzene rings is 3. The number of phenols is 1. The number of carbonyl (C=O) groups is 2. The molecule has 0 saturated carbocycles. The van der Waals surface area contributed by atoms with Gasteiger partial charge in [0.1, 0.15) is 10.9 Å². The lowest BCUT2D eigenvalue weighted by Gasteiger charge is -2.33. The lowest BCUT2D eigenvalue weighted by atomic mass is 10.0. The molecule has 0 aromatic heterocycles. The molecule has 0 fully saturated rings. The zero-order valence-corrected chi connectivity index (χ0v) is 19.6. The minimum Gasteiger partial charge on any atom is -0.504 e. The van der Waals surface area contributed by atoms with Crippen molar-refractivity contribution in [3.05, 3.63) is 78.0 Å². The maximum Gasteiger partial charge on any atom is 0.355 e. The summed E-state index contributed by atoms with van der Waals surface area (Å²) >= 11 is 6.51. The van der Waals surface area contributed by atoms with Gasteiger partial charge in [-0.15, -0.1) is 0 Å². The Morgan fingerprint density at radius 2 is 1.69 bits per heavy atom. The van der Waals surface area contributed by atoms with Crippen LogP contribution in [0.4, 0.5) is 16.2 Å². The van der Waals surface area contributed by atoms with Crippen molar-refractivity contribution in [1.82, 2.24) is 0 Å². The summed E-state index contributed by atoms with van der Waals surface area (Å²) in [5.41, 5.74) is 2.61. The summed E-state index contributed by atoms with van der Waals surface area (Å²) in [5.74, 6) is 0.433. The molecule has 2 aliphatic rings. The third-order valence-corrected chi connectivity index (χ3v) is 6.18. The van der Waals surface area contributed by atoms with E-state index in [0.717, 1.165) is 10.5 Å². The molecule has 1 atom stereocenters. The number of phenolic OH excluding ortho intramolecular Hbond substituents is 1. The molecule has 0 aliphatic carbocycles. The fourth-order valence-electron chi connectivity index (χ4n) is 4.21. The standard InChI is InChI=1S/C26H20ClN3O5/c1-34-18-6-3-5-17(13-18)30-25(32)23-20(28-26(30)33)14-22(27)29(23)16-11-9-15(10-12-16)19-7-4-8-21(35-2)24(19)31/h3-14,23,31H,1-2H3. The monoisotopic (exact) mass is 489 g/mol. The Morgan fingerprint density at radius 3 is 2.40 bits per heavy atom. The topological polar surface area (TPSA) is 91.7 Å². The van der Waals surface area contributed by atoms with E-state index >= 15 is 0 Å². The van der Waals surface area contributed by atoms with Crippen LogP contribution in [-0.2, 0) is 4.79 Å². The molecule has 2 heterocycles. The first-order valence-corrected chi connectivity index (χ1v) is 11.0. The van der Waals surface area contributed by atoms with Crippen LogP contribution in [0.15, 0.2) is 83.0 Å². The lowest BCUT2D eigenvalue weighted by molar-refractivity contribution is -0.117. The first-order valence-electron chi connectivity index (χ1n) is 10.7. The molecule has 3 aromatic carbocycles. The Hall–Kier alpha value is -4.30. The van der Waals surface area contributed by atoms with Gasteiger partial charge in [-0.1, -0.05) is 41.9 Å². The Kier molecular flexibility index (Phi) is 5.66. The van der Waals surface area contributed by atoms with Gasteiger partial charge in [0.15, 0.2) is 17.5 Å². The maximum absolute atomic E-state index is 13.6. The average Bonchev–Trinajstić information content (AvgIpc) is 3.20. The van der Waals surface area contributed by atoms with Gasteiger partial charge in [-0.25, -0.2) is 9.69 Å². The number of urea groups is 1. The molecule has 176 valence electrons. The summed E-state index contributed by atoms with van der Waals surface area (Å²) in [6.07, 6.45) is 1.52. The average molecular weight is 490 g/mol. The fourth-order valence-corrected chi connectivity index (χ4v) is 4.52. The maximum atomic E-state index is 13.6. The second-order valence-corrected chi connectivity index (χ2v) is 8.22. The van der Waals surface area contributed by atoms with Crippen LogP contribution in [0.2, 0.25) is 0 Å². The first kappa shape index (κ1) is 22.5. The summed E-state index contributed by atoms with van der Waals surface area (Å²) in [7, 11) is 3.00. The molecule has 0 saturated heterocycles. The Balaban J connectivity index is 1.49. The predicted molar refractivity (Wildman–Crippen MR) is 134 cm³/mol. The summed E-state index contributed by atoms with van der Waals surface area (Å²) in [4.78, 5) is 33.1. The molecular formula is C26H20ClN3O5. The first-order chi connectivity index (χ1) is 16.9. The van der Waals surface area contributed by atoms with Crippen LogP contribution in [0.5, 0.6) is 17.2 Å². The molecule has 35 heavy (non-hydrogen) atoms. The highest BCUT2D eigenvalue weighted by Crippen LogP contribution is 2.39. The zero-order valence-electron chi connectivity index (χ0n) is 18.8. The number of hydrogen-bond donors (Lipinski definition) is 1. The number of imide groups is 1. The number of fused-ring (bicyclic) bond motifs is 1. The van der Waals surface area contributed by atoms with E-state index in [2.05, 4.69) is 4.99 Å².